The molecule has 1 aliphatic rings. The summed E-state index contributed by atoms with van der Waals surface area (Å²) in [5, 5.41) is 2.86. The summed E-state index contributed by atoms with van der Waals surface area (Å²) in [5.41, 5.74) is 4.76. The zero-order valence-electron chi connectivity index (χ0n) is 26.7. The molecule has 6 heteroatoms. The molecule has 0 saturated heterocycles. The average Bonchev–Trinajstić information content (AvgIpc) is 3.03. The first-order valence-electron chi connectivity index (χ1n) is 15.8. The van der Waals surface area contributed by atoms with Gasteiger partial charge in [0.25, 0.3) is 0 Å². The monoisotopic (exact) mass is 609 g/mol. The zero-order chi connectivity index (χ0) is 31.8. The summed E-state index contributed by atoms with van der Waals surface area (Å²) in [4.78, 5) is 11.5. The predicted octanol–water partition coefficient (Wildman–Crippen LogP) is 8.16. The second-order valence-electron chi connectivity index (χ2n) is 12.7. The second kappa shape index (κ2) is 14.9. The van der Waals surface area contributed by atoms with Crippen molar-refractivity contribution < 1.29 is 23.4 Å². The van der Waals surface area contributed by atoms with Crippen molar-refractivity contribution in [2.45, 2.75) is 72.1 Å². The first kappa shape index (κ1) is 32.4. The Kier molecular flexibility index (Phi) is 10.7. The summed E-state index contributed by atoms with van der Waals surface area (Å²) in [6.07, 6.45) is 0.568. The van der Waals surface area contributed by atoms with Gasteiger partial charge >= 0.3 is 0 Å². The predicted molar refractivity (Wildman–Crippen MR) is 176 cm³/mol. The minimum Gasteiger partial charge on any atom is -0.488 e. The molecule has 45 heavy (non-hydrogen) atoms. The van der Waals surface area contributed by atoms with Gasteiger partial charge in [0, 0.05) is 13.5 Å². The van der Waals surface area contributed by atoms with Crippen molar-refractivity contribution in [2.75, 3.05) is 6.54 Å². The molecule has 4 atom stereocenters. The van der Waals surface area contributed by atoms with E-state index >= 15 is 0 Å². The van der Waals surface area contributed by atoms with Gasteiger partial charge in [-0.15, -0.1) is 0 Å². The fraction of sp³-hybridized carbons (Fsp3) is 0.359. The third-order valence-electron chi connectivity index (χ3n) is 8.99. The Balaban J connectivity index is 1.46. The highest BCUT2D eigenvalue weighted by Gasteiger charge is 2.49. The molecule has 0 aliphatic heterocycles. The second-order valence-corrected chi connectivity index (χ2v) is 12.7. The topological polar surface area (TPSA) is 56.8 Å². The van der Waals surface area contributed by atoms with Crippen LogP contribution in [0.2, 0.25) is 0 Å². The SMILES string of the molecule is CC(=O)NCCc1ccc(O[C@@H]2CC(C)(C)[C@H](C)[C@@H](OCc3ccccc3)[C@H]2OCc2ccccc2)cc1-c1cccc(F)c1. The first-order valence-corrected chi connectivity index (χ1v) is 15.8. The Morgan fingerprint density at radius 1 is 0.844 bits per heavy atom. The van der Waals surface area contributed by atoms with Gasteiger partial charge in [-0.3, -0.25) is 4.79 Å². The average molecular weight is 610 g/mol. The molecule has 0 radical (unpaired) electrons. The normalized spacial score (nSPS) is 20.8. The summed E-state index contributed by atoms with van der Waals surface area (Å²) in [6, 6.07) is 32.9. The number of nitrogens with one attached hydrogen (secondary N) is 1. The highest BCUT2D eigenvalue weighted by atomic mass is 19.1. The Hall–Kier alpha value is -4.00. The van der Waals surface area contributed by atoms with E-state index in [-0.39, 0.29) is 41.4 Å². The van der Waals surface area contributed by atoms with Crippen LogP contribution in [0.15, 0.2) is 103 Å². The maximum atomic E-state index is 14.3. The third kappa shape index (κ3) is 8.59. The van der Waals surface area contributed by atoms with Crippen molar-refractivity contribution in [1.29, 1.82) is 0 Å². The number of carbonyl (C=O) groups is 1. The molecule has 1 fully saturated rings. The van der Waals surface area contributed by atoms with E-state index in [9.17, 15) is 9.18 Å². The summed E-state index contributed by atoms with van der Waals surface area (Å²) < 4.78 is 34.6. The van der Waals surface area contributed by atoms with Crippen LogP contribution in [0.1, 0.15) is 50.8 Å². The van der Waals surface area contributed by atoms with Crippen LogP contribution in [-0.4, -0.2) is 30.8 Å². The van der Waals surface area contributed by atoms with Gasteiger partial charge in [0.1, 0.15) is 23.8 Å². The molecule has 1 aliphatic carbocycles. The lowest BCUT2D eigenvalue weighted by molar-refractivity contribution is -0.190. The fourth-order valence-electron chi connectivity index (χ4n) is 6.16. The highest BCUT2D eigenvalue weighted by Crippen LogP contribution is 2.45. The first-order chi connectivity index (χ1) is 21.7. The number of ether oxygens (including phenoxy) is 3. The van der Waals surface area contributed by atoms with Crippen LogP contribution in [0.25, 0.3) is 11.1 Å². The molecule has 0 aromatic heterocycles. The molecule has 4 aromatic carbocycles. The van der Waals surface area contributed by atoms with E-state index in [1.165, 1.54) is 19.1 Å². The van der Waals surface area contributed by atoms with Crippen LogP contribution in [0.4, 0.5) is 4.39 Å². The van der Waals surface area contributed by atoms with Crippen LogP contribution < -0.4 is 10.1 Å². The van der Waals surface area contributed by atoms with E-state index in [0.717, 1.165) is 34.2 Å². The Bertz CT molecular complexity index is 1540. The molecule has 1 N–H and O–H groups in total. The van der Waals surface area contributed by atoms with Gasteiger partial charge in [-0.2, -0.15) is 0 Å². The highest BCUT2D eigenvalue weighted by molar-refractivity contribution is 5.73. The van der Waals surface area contributed by atoms with Crippen LogP contribution in [-0.2, 0) is 33.9 Å². The van der Waals surface area contributed by atoms with Gasteiger partial charge in [-0.05, 0) is 76.3 Å². The number of benzene rings is 4. The van der Waals surface area contributed by atoms with Gasteiger partial charge in [0.15, 0.2) is 0 Å². The summed E-state index contributed by atoms with van der Waals surface area (Å²) in [5.74, 6) is 0.508. The van der Waals surface area contributed by atoms with E-state index in [4.69, 9.17) is 14.2 Å². The molecule has 1 saturated carbocycles. The molecule has 0 unspecified atom stereocenters. The van der Waals surface area contributed by atoms with E-state index in [1.807, 2.05) is 60.7 Å². The molecule has 5 nitrogen and oxygen atoms in total. The lowest BCUT2D eigenvalue weighted by Crippen LogP contribution is -2.56. The maximum absolute atomic E-state index is 14.3. The number of amides is 1. The maximum Gasteiger partial charge on any atom is 0.216 e. The van der Waals surface area contributed by atoms with E-state index < -0.39 is 0 Å². The molecule has 4 aromatic rings. The number of rotatable bonds is 12. The van der Waals surface area contributed by atoms with Gasteiger partial charge < -0.3 is 19.5 Å². The molecule has 0 bridgehead atoms. The minimum atomic E-state index is -0.325. The van der Waals surface area contributed by atoms with Gasteiger partial charge in [0.05, 0.1) is 19.3 Å². The number of hydrogen-bond donors (Lipinski definition) is 1. The largest absolute Gasteiger partial charge is 0.488 e. The summed E-state index contributed by atoms with van der Waals surface area (Å²) in [6.45, 7) is 9.70. The van der Waals surface area contributed by atoms with Crippen LogP contribution in [0, 0.1) is 17.2 Å². The summed E-state index contributed by atoms with van der Waals surface area (Å²) in [7, 11) is 0. The number of halogens is 1. The van der Waals surface area contributed by atoms with Crippen molar-refractivity contribution in [3.8, 4) is 16.9 Å². The molecule has 0 heterocycles. The Morgan fingerprint density at radius 2 is 1.49 bits per heavy atom. The minimum absolute atomic E-state index is 0.0810. The van der Waals surface area contributed by atoms with Gasteiger partial charge in [0.2, 0.25) is 5.91 Å². The van der Waals surface area contributed by atoms with E-state index in [2.05, 4.69) is 50.4 Å². The molecule has 5 rings (SSSR count). The van der Waals surface area contributed by atoms with Crippen molar-refractivity contribution in [3.05, 3.63) is 126 Å². The molecule has 236 valence electrons. The number of hydrogen-bond acceptors (Lipinski definition) is 4. The van der Waals surface area contributed by atoms with Crippen molar-refractivity contribution in [2.24, 2.45) is 11.3 Å². The quantitative estimate of drug-likeness (QED) is 0.176. The number of carbonyl (C=O) groups excluding carboxylic acids is 1. The zero-order valence-corrected chi connectivity index (χ0v) is 26.7. The molecule has 0 spiro atoms. The van der Waals surface area contributed by atoms with Crippen LogP contribution >= 0.6 is 0 Å². The van der Waals surface area contributed by atoms with Crippen LogP contribution in [0.5, 0.6) is 5.75 Å². The molecular weight excluding hydrogens is 565 g/mol. The smallest absolute Gasteiger partial charge is 0.216 e. The Labute approximate surface area is 266 Å². The molecular formula is C39H44FNO4. The van der Waals surface area contributed by atoms with E-state index in [1.54, 1.807) is 6.07 Å². The lowest BCUT2D eigenvalue weighted by Gasteiger charge is -2.49. The molecule has 1 amide bonds. The van der Waals surface area contributed by atoms with Gasteiger partial charge in [-0.25, -0.2) is 4.39 Å². The lowest BCUT2D eigenvalue weighted by atomic mass is 9.66. The fourth-order valence-corrected chi connectivity index (χ4v) is 6.16. The standard InChI is InChI=1S/C39H44FNO4/c1-27-37(43-25-29-12-7-5-8-13-29)38(44-26-30-14-9-6-10-15-30)36(24-39(27,3)4)45-34-19-18-31(20-21-41-28(2)42)35(23-34)32-16-11-17-33(40)22-32/h5-19,22-23,27,36-38H,20-21,24-26H2,1-4H3,(H,41,42)/t27-,36-,37-,38+/m1/s1. The van der Waals surface area contributed by atoms with Crippen molar-refractivity contribution in [1.82, 2.24) is 5.32 Å². The Morgan fingerprint density at radius 3 is 2.11 bits per heavy atom. The van der Waals surface area contributed by atoms with Crippen molar-refractivity contribution in [3.63, 3.8) is 0 Å². The van der Waals surface area contributed by atoms with Gasteiger partial charge in [-0.1, -0.05) is 99.6 Å². The van der Waals surface area contributed by atoms with E-state index in [0.29, 0.717) is 31.9 Å². The van der Waals surface area contributed by atoms with Crippen molar-refractivity contribution >= 4 is 5.91 Å². The van der Waals surface area contributed by atoms with Crippen LogP contribution in [0.3, 0.4) is 0 Å². The summed E-state index contributed by atoms with van der Waals surface area (Å²) >= 11 is 0. The third-order valence-corrected chi connectivity index (χ3v) is 8.99.